The Hall–Kier alpha value is -3.53. The summed E-state index contributed by atoms with van der Waals surface area (Å²) in [5.74, 6) is 1.74. The van der Waals surface area contributed by atoms with E-state index < -0.39 is 0 Å². The summed E-state index contributed by atoms with van der Waals surface area (Å²) < 4.78 is 12.7. The van der Waals surface area contributed by atoms with E-state index in [2.05, 4.69) is 27.8 Å². The van der Waals surface area contributed by atoms with Gasteiger partial charge < -0.3 is 24.7 Å². The average molecular weight is 510 g/mol. The van der Waals surface area contributed by atoms with E-state index in [9.17, 15) is 9.59 Å². The molecule has 0 saturated heterocycles. The molecule has 0 spiro atoms. The Bertz CT molecular complexity index is 1230. The first-order chi connectivity index (χ1) is 17.4. The maximum atomic E-state index is 13.0. The summed E-state index contributed by atoms with van der Waals surface area (Å²) >= 11 is 1.32. The molecule has 2 amide bonds. The summed E-state index contributed by atoms with van der Waals surface area (Å²) in [7, 11) is 0. The number of rotatable bonds is 10. The van der Waals surface area contributed by atoms with Crippen molar-refractivity contribution < 1.29 is 19.1 Å². The van der Waals surface area contributed by atoms with Crippen LogP contribution in [0.25, 0.3) is 0 Å². The Morgan fingerprint density at radius 3 is 2.50 bits per heavy atom. The summed E-state index contributed by atoms with van der Waals surface area (Å²) in [6, 6.07) is 12.6. The quantitative estimate of drug-likeness (QED) is 0.389. The highest BCUT2D eigenvalue weighted by Crippen LogP contribution is 2.33. The molecule has 0 saturated carbocycles. The van der Waals surface area contributed by atoms with Crippen molar-refractivity contribution in [3.8, 4) is 11.5 Å². The van der Waals surface area contributed by atoms with Gasteiger partial charge in [0.15, 0.2) is 22.5 Å². The number of carbonyl (C=O) groups is 2. The maximum Gasteiger partial charge on any atom is 0.252 e. The largest absolute Gasteiger partial charge is 0.454 e. The van der Waals surface area contributed by atoms with Gasteiger partial charge in [0, 0.05) is 17.8 Å². The fourth-order valence-electron chi connectivity index (χ4n) is 3.88. The molecule has 2 heterocycles. The van der Waals surface area contributed by atoms with E-state index in [-0.39, 0.29) is 36.3 Å². The van der Waals surface area contributed by atoms with Gasteiger partial charge in [-0.2, -0.15) is 0 Å². The van der Waals surface area contributed by atoms with Crippen molar-refractivity contribution in [1.82, 2.24) is 20.1 Å². The van der Waals surface area contributed by atoms with Crippen molar-refractivity contribution in [2.75, 3.05) is 17.9 Å². The molecule has 4 rings (SSSR count). The summed E-state index contributed by atoms with van der Waals surface area (Å²) in [4.78, 5) is 25.6. The lowest BCUT2D eigenvalue weighted by atomic mass is 10.0. The van der Waals surface area contributed by atoms with Crippen LogP contribution >= 0.6 is 11.8 Å². The van der Waals surface area contributed by atoms with E-state index in [1.165, 1.54) is 17.3 Å². The Labute approximate surface area is 215 Å². The molecule has 1 unspecified atom stereocenters. The SMILES string of the molecule is CCc1ccc(NC(=O)CSc2nnc(C(NC(=O)c3ccc4c(c3)OCO4)C(C)C)n2CC)cc1. The van der Waals surface area contributed by atoms with Crippen molar-refractivity contribution in [3.05, 3.63) is 59.4 Å². The highest BCUT2D eigenvalue weighted by atomic mass is 32.2. The van der Waals surface area contributed by atoms with Crippen LogP contribution in [0.4, 0.5) is 5.69 Å². The van der Waals surface area contributed by atoms with Gasteiger partial charge in [0.2, 0.25) is 12.7 Å². The number of benzene rings is 2. The van der Waals surface area contributed by atoms with Gasteiger partial charge in [-0.25, -0.2) is 0 Å². The molecule has 1 aromatic heterocycles. The van der Waals surface area contributed by atoms with E-state index in [1.807, 2.05) is 49.6 Å². The third kappa shape index (κ3) is 5.81. The predicted molar refractivity (Wildman–Crippen MR) is 138 cm³/mol. The number of hydrogen-bond acceptors (Lipinski definition) is 7. The summed E-state index contributed by atoms with van der Waals surface area (Å²) in [6.07, 6.45) is 0.952. The number of aryl methyl sites for hydroxylation is 1. The maximum absolute atomic E-state index is 13.0. The van der Waals surface area contributed by atoms with E-state index in [0.717, 1.165) is 12.1 Å². The fourth-order valence-corrected chi connectivity index (χ4v) is 4.69. The number of nitrogens with one attached hydrogen (secondary N) is 2. The minimum absolute atomic E-state index is 0.0599. The van der Waals surface area contributed by atoms with Crippen LogP contribution in [-0.4, -0.2) is 39.1 Å². The lowest BCUT2D eigenvalue weighted by molar-refractivity contribution is -0.113. The molecular weight excluding hydrogens is 478 g/mol. The van der Waals surface area contributed by atoms with Crippen LogP contribution in [0, 0.1) is 5.92 Å². The molecule has 0 fully saturated rings. The van der Waals surface area contributed by atoms with E-state index in [0.29, 0.717) is 34.6 Å². The van der Waals surface area contributed by atoms with Crippen LogP contribution in [-0.2, 0) is 17.8 Å². The molecule has 0 aliphatic carbocycles. The van der Waals surface area contributed by atoms with Crippen molar-refractivity contribution >= 4 is 29.3 Å². The lowest BCUT2D eigenvalue weighted by Gasteiger charge is -2.22. The van der Waals surface area contributed by atoms with Crippen LogP contribution in [0.3, 0.4) is 0 Å². The third-order valence-corrected chi connectivity index (χ3v) is 6.87. The molecule has 10 heteroatoms. The molecule has 0 bridgehead atoms. The van der Waals surface area contributed by atoms with Gasteiger partial charge in [0.1, 0.15) is 0 Å². The minimum atomic E-state index is -0.365. The molecule has 1 atom stereocenters. The fraction of sp³-hybridized carbons (Fsp3) is 0.385. The number of hydrogen-bond donors (Lipinski definition) is 2. The lowest BCUT2D eigenvalue weighted by Crippen LogP contribution is -2.33. The van der Waals surface area contributed by atoms with E-state index in [1.54, 1.807) is 18.2 Å². The van der Waals surface area contributed by atoms with Gasteiger partial charge in [0.05, 0.1) is 11.8 Å². The number of amides is 2. The molecule has 36 heavy (non-hydrogen) atoms. The Morgan fingerprint density at radius 2 is 1.81 bits per heavy atom. The molecule has 1 aliphatic heterocycles. The molecule has 2 aromatic carbocycles. The first kappa shape index (κ1) is 25.6. The smallest absolute Gasteiger partial charge is 0.252 e. The first-order valence-corrected chi connectivity index (χ1v) is 13.0. The zero-order valence-electron chi connectivity index (χ0n) is 20.9. The van der Waals surface area contributed by atoms with Crippen LogP contribution in [0.15, 0.2) is 47.6 Å². The van der Waals surface area contributed by atoms with Gasteiger partial charge in [-0.05, 0) is 55.2 Å². The van der Waals surface area contributed by atoms with Crippen molar-refractivity contribution in [2.24, 2.45) is 5.92 Å². The molecule has 0 radical (unpaired) electrons. The standard InChI is InChI=1S/C26H31N5O4S/c1-5-17-7-10-19(11-8-17)27-22(32)14-36-26-30-29-24(31(26)6-2)23(16(3)4)28-25(33)18-9-12-20-21(13-18)35-15-34-20/h7-13,16,23H,5-6,14-15H2,1-4H3,(H,27,32)(H,28,33). The van der Waals surface area contributed by atoms with Gasteiger partial charge in [0.25, 0.3) is 5.91 Å². The highest BCUT2D eigenvalue weighted by Gasteiger charge is 2.27. The first-order valence-electron chi connectivity index (χ1n) is 12.0. The summed E-state index contributed by atoms with van der Waals surface area (Å²) in [6.45, 7) is 8.87. The van der Waals surface area contributed by atoms with Crippen molar-refractivity contribution in [2.45, 2.75) is 51.9 Å². The number of thioether (sulfide) groups is 1. The molecule has 2 N–H and O–H groups in total. The molecule has 1 aliphatic rings. The van der Waals surface area contributed by atoms with Crippen LogP contribution in [0.1, 0.15) is 55.5 Å². The van der Waals surface area contributed by atoms with E-state index in [4.69, 9.17) is 9.47 Å². The molecule has 9 nitrogen and oxygen atoms in total. The minimum Gasteiger partial charge on any atom is -0.454 e. The van der Waals surface area contributed by atoms with Gasteiger partial charge >= 0.3 is 0 Å². The number of aromatic nitrogens is 3. The second-order valence-electron chi connectivity index (χ2n) is 8.74. The van der Waals surface area contributed by atoms with Crippen LogP contribution in [0.2, 0.25) is 0 Å². The van der Waals surface area contributed by atoms with Crippen molar-refractivity contribution in [3.63, 3.8) is 0 Å². The monoisotopic (exact) mass is 509 g/mol. The van der Waals surface area contributed by atoms with Crippen LogP contribution < -0.4 is 20.1 Å². The second kappa shape index (κ2) is 11.5. The number of carbonyl (C=O) groups excluding carboxylic acids is 2. The number of nitrogens with zero attached hydrogens (tertiary/aromatic N) is 3. The third-order valence-electron chi connectivity index (χ3n) is 5.91. The van der Waals surface area contributed by atoms with Crippen molar-refractivity contribution in [1.29, 1.82) is 0 Å². The van der Waals surface area contributed by atoms with Gasteiger partial charge in [-0.3, -0.25) is 9.59 Å². The zero-order chi connectivity index (χ0) is 25.7. The van der Waals surface area contributed by atoms with Gasteiger partial charge in [-0.1, -0.05) is 44.7 Å². The molecule has 3 aromatic rings. The second-order valence-corrected chi connectivity index (χ2v) is 9.68. The molecule has 190 valence electrons. The number of anilines is 1. The Morgan fingerprint density at radius 1 is 1.06 bits per heavy atom. The molecular formula is C26H31N5O4S. The predicted octanol–water partition coefficient (Wildman–Crippen LogP) is 4.45. The van der Waals surface area contributed by atoms with Crippen LogP contribution in [0.5, 0.6) is 11.5 Å². The number of ether oxygens (including phenoxy) is 2. The average Bonchev–Trinajstić information content (AvgIpc) is 3.52. The normalized spacial score (nSPS) is 13.0. The highest BCUT2D eigenvalue weighted by molar-refractivity contribution is 7.99. The summed E-state index contributed by atoms with van der Waals surface area (Å²) in [5, 5.41) is 15.4. The summed E-state index contributed by atoms with van der Waals surface area (Å²) in [5.41, 5.74) is 2.46. The number of fused-ring (bicyclic) bond motifs is 1. The topological polar surface area (TPSA) is 107 Å². The zero-order valence-corrected chi connectivity index (χ0v) is 21.7. The van der Waals surface area contributed by atoms with E-state index >= 15 is 0 Å². The Kier molecular flexibility index (Phi) is 8.14. The van der Waals surface area contributed by atoms with Gasteiger partial charge in [-0.15, -0.1) is 10.2 Å². The Balaban J connectivity index is 1.43.